The van der Waals surface area contributed by atoms with Gasteiger partial charge in [0.25, 0.3) is 0 Å². The Morgan fingerprint density at radius 3 is 2.08 bits per heavy atom. The Kier molecular flexibility index (Phi) is 8.86. The molecule has 0 spiro atoms. The van der Waals surface area contributed by atoms with Gasteiger partial charge in [0.05, 0.1) is 0 Å². The third-order valence-electron chi connectivity index (χ3n) is 6.43. The molecule has 1 N–H and O–H groups in total. The molecule has 0 aliphatic heterocycles. The zero-order valence-corrected chi connectivity index (χ0v) is 25.1. The maximum atomic E-state index is 10.6. The topological polar surface area (TPSA) is 63.1 Å². The SMILES string of the molecule is CC(C)(C)c1ccc(-c2[c-]cc3ccc4ccccc4c3c2)nc1.CC(C)(C)c1ccnc(C(=O)O)c1.[Ir]. The molecule has 0 aliphatic carbocycles. The van der Waals surface area contributed by atoms with Crippen molar-refractivity contribution >= 4 is 27.5 Å². The first-order valence-electron chi connectivity index (χ1n) is 12.4. The predicted molar refractivity (Wildman–Crippen MR) is 152 cm³/mol. The molecule has 5 heteroatoms. The first-order chi connectivity index (χ1) is 17.4. The summed E-state index contributed by atoms with van der Waals surface area (Å²) in [6.07, 6.45) is 3.51. The monoisotopic (exact) mass is 682 g/mol. The third kappa shape index (κ3) is 6.72. The van der Waals surface area contributed by atoms with Gasteiger partial charge < -0.3 is 10.1 Å². The molecule has 0 aliphatic rings. The van der Waals surface area contributed by atoms with Crippen LogP contribution in [0.4, 0.5) is 0 Å². The minimum Gasteiger partial charge on any atom is -0.477 e. The molecule has 0 fully saturated rings. The van der Waals surface area contributed by atoms with Crippen LogP contribution in [0.15, 0.2) is 85.2 Å². The molecule has 38 heavy (non-hydrogen) atoms. The first-order valence-corrected chi connectivity index (χ1v) is 12.4. The number of aromatic nitrogens is 2. The molecule has 5 aromatic rings. The van der Waals surface area contributed by atoms with E-state index in [4.69, 9.17) is 5.11 Å². The standard InChI is InChI=1S/C23H20N.C10H13NO2.Ir/c1-23(2,3)19-12-13-22(24-15-19)18-11-10-17-9-8-16-6-4-5-7-20(16)21(17)14-18;1-10(2,3)7-4-5-11-8(6-7)9(12)13;/h4-10,12-15H,1-3H3;4-6H,1-3H3,(H,12,13);/q-1;;. The quantitative estimate of drug-likeness (QED) is 0.151. The van der Waals surface area contributed by atoms with Gasteiger partial charge in [-0.15, -0.1) is 23.8 Å². The average Bonchev–Trinajstić information content (AvgIpc) is 2.88. The molecule has 0 atom stereocenters. The normalized spacial score (nSPS) is 11.4. The largest absolute Gasteiger partial charge is 0.477 e. The fourth-order valence-corrected chi connectivity index (χ4v) is 4.10. The Morgan fingerprint density at radius 1 is 0.763 bits per heavy atom. The molecule has 0 saturated heterocycles. The Labute approximate surface area is 238 Å². The van der Waals surface area contributed by atoms with Crippen LogP contribution < -0.4 is 0 Å². The van der Waals surface area contributed by atoms with E-state index in [2.05, 4.69) is 97.5 Å². The van der Waals surface area contributed by atoms with E-state index in [1.165, 1.54) is 33.3 Å². The fraction of sp³-hybridized carbons (Fsp3) is 0.242. The molecular weight excluding hydrogens is 649 g/mol. The van der Waals surface area contributed by atoms with Gasteiger partial charge in [-0.05, 0) is 50.6 Å². The number of aromatic carboxylic acids is 1. The minimum atomic E-state index is -0.980. The zero-order chi connectivity index (χ0) is 26.8. The van der Waals surface area contributed by atoms with Crippen molar-refractivity contribution in [2.24, 2.45) is 0 Å². The van der Waals surface area contributed by atoms with E-state index in [-0.39, 0.29) is 36.6 Å². The summed E-state index contributed by atoms with van der Waals surface area (Å²) in [6, 6.07) is 28.2. The predicted octanol–water partition coefficient (Wildman–Crippen LogP) is 8.23. The fourth-order valence-electron chi connectivity index (χ4n) is 4.10. The number of carboxylic acid groups (broad SMARTS) is 1. The van der Waals surface area contributed by atoms with Crippen LogP contribution in [0, 0.1) is 6.07 Å². The van der Waals surface area contributed by atoms with Crippen LogP contribution in [0.1, 0.15) is 63.2 Å². The van der Waals surface area contributed by atoms with Crippen LogP contribution in [-0.4, -0.2) is 21.0 Å². The van der Waals surface area contributed by atoms with Gasteiger partial charge in [0.15, 0.2) is 0 Å². The van der Waals surface area contributed by atoms with Crippen molar-refractivity contribution < 1.29 is 30.0 Å². The summed E-state index contributed by atoms with van der Waals surface area (Å²) in [6.45, 7) is 12.7. The van der Waals surface area contributed by atoms with Crippen LogP contribution in [-0.2, 0) is 30.9 Å². The van der Waals surface area contributed by atoms with Crippen molar-refractivity contribution in [3.05, 3.63) is 108 Å². The van der Waals surface area contributed by atoms with Gasteiger partial charge in [0.1, 0.15) is 5.69 Å². The number of fused-ring (bicyclic) bond motifs is 3. The minimum absolute atomic E-state index is 0. The molecular formula is C33H33IrN2O2-. The molecule has 2 heterocycles. The Morgan fingerprint density at radius 2 is 1.45 bits per heavy atom. The van der Waals surface area contributed by atoms with E-state index in [0.29, 0.717) is 0 Å². The van der Waals surface area contributed by atoms with E-state index >= 15 is 0 Å². The number of hydrogen-bond acceptors (Lipinski definition) is 3. The Hall–Kier alpha value is -3.40. The van der Waals surface area contributed by atoms with Gasteiger partial charge in [0.2, 0.25) is 0 Å². The summed E-state index contributed by atoms with van der Waals surface area (Å²) in [7, 11) is 0. The maximum Gasteiger partial charge on any atom is 0.354 e. The number of carbonyl (C=O) groups is 1. The van der Waals surface area contributed by atoms with E-state index in [0.717, 1.165) is 16.8 Å². The number of pyridine rings is 2. The van der Waals surface area contributed by atoms with Crippen molar-refractivity contribution in [3.8, 4) is 11.3 Å². The number of hydrogen-bond donors (Lipinski definition) is 1. The summed E-state index contributed by atoms with van der Waals surface area (Å²) in [4.78, 5) is 19.0. The summed E-state index contributed by atoms with van der Waals surface area (Å²) >= 11 is 0. The molecule has 0 unspecified atom stereocenters. The number of carboxylic acids is 1. The molecule has 0 saturated carbocycles. The van der Waals surface area contributed by atoms with Crippen LogP contribution in [0.5, 0.6) is 0 Å². The first kappa shape index (κ1) is 29.2. The van der Waals surface area contributed by atoms with E-state index in [1.54, 1.807) is 6.07 Å². The number of rotatable bonds is 2. The van der Waals surface area contributed by atoms with Crippen LogP contribution in [0.2, 0.25) is 0 Å². The zero-order valence-electron chi connectivity index (χ0n) is 22.7. The van der Waals surface area contributed by atoms with Gasteiger partial charge in [-0.2, -0.15) is 0 Å². The maximum absolute atomic E-state index is 10.6. The molecule has 1 radical (unpaired) electrons. The average molecular weight is 682 g/mol. The summed E-state index contributed by atoms with van der Waals surface area (Å²) in [5.74, 6) is -0.980. The molecule has 3 aromatic carbocycles. The second kappa shape index (κ2) is 11.6. The van der Waals surface area contributed by atoms with Crippen molar-refractivity contribution in [1.29, 1.82) is 0 Å². The smallest absolute Gasteiger partial charge is 0.354 e. The molecule has 5 rings (SSSR count). The Balaban J connectivity index is 0.000000245. The van der Waals surface area contributed by atoms with Crippen LogP contribution in [0.3, 0.4) is 0 Å². The third-order valence-corrected chi connectivity index (χ3v) is 6.43. The van der Waals surface area contributed by atoms with Crippen molar-refractivity contribution in [2.75, 3.05) is 0 Å². The van der Waals surface area contributed by atoms with Crippen LogP contribution in [0.25, 0.3) is 32.8 Å². The molecule has 0 bridgehead atoms. The summed E-state index contributed by atoms with van der Waals surface area (Å²) in [5, 5.41) is 13.7. The summed E-state index contributed by atoms with van der Waals surface area (Å²) in [5.41, 5.74) is 4.43. The van der Waals surface area contributed by atoms with Crippen LogP contribution >= 0.6 is 0 Å². The van der Waals surface area contributed by atoms with E-state index < -0.39 is 5.97 Å². The van der Waals surface area contributed by atoms with Crippen molar-refractivity contribution in [1.82, 2.24) is 9.97 Å². The number of benzene rings is 3. The second-order valence-corrected chi connectivity index (χ2v) is 11.3. The van der Waals surface area contributed by atoms with Crippen molar-refractivity contribution in [2.45, 2.75) is 52.4 Å². The summed E-state index contributed by atoms with van der Waals surface area (Å²) < 4.78 is 0. The molecule has 197 valence electrons. The van der Waals surface area contributed by atoms with E-state index in [9.17, 15) is 4.79 Å². The second-order valence-electron chi connectivity index (χ2n) is 11.3. The molecule has 4 nitrogen and oxygen atoms in total. The van der Waals surface area contributed by atoms with Gasteiger partial charge >= 0.3 is 5.97 Å². The van der Waals surface area contributed by atoms with E-state index in [1.807, 2.05) is 33.0 Å². The molecule has 2 aromatic heterocycles. The van der Waals surface area contributed by atoms with Gasteiger partial charge in [-0.3, -0.25) is 0 Å². The van der Waals surface area contributed by atoms with Crippen molar-refractivity contribution in [3.63, 3.8) is 0 Å². The number of nitrogens with zero attached hydrogens (tertiary/aromatic N) is 2. The van der Waals surface area contributed by atoms with Gasteiger partial charge in [-0.25, -0.2) is 9.78 Å². The Bertz CT molecular complexity index is 1560. The van der Waals surface area contributed by atoms with Gasteiger partial charge in [-0.1, -0.05) is 101 Å². The van der Waals surface area contributed by atoms with Gasteiger partial charge in [0, 0.05) is 32.5 Å². The molecule has 0 amide bonds.